The molecule has 0 radical (unpaired) electrons. The average molecular weight is 739 g/mol. The van der Waals surface area contributed by atoms with E-state index in [0.29, 0.717) is 10.2 Å². The van der Waals surface area contributed by atoms with Crippen LogP contribution in [-0.4, -0.2) is 76.0 Å². The van der Waals surface area contributed by atoms with Crippen LogP contribution >= 0.6 is 0 Å². The first-order valence-corrected chi connectivity index (χ1v) is 14.9. The Bertz CT molecular complexity index is 1980. The van der Waals surface area contributed by atoms with Crippen molar-refractivity contribution in [1.29, 1.82) is 0 Å². The summed E-state index contributed by atoms with van der Waals surface area (Å²) in [5.41, 5.74) is 1.07. The zero-order valence-electron chi connectivity index (χ0n) is 24.2. The second kappa shape index (κ2) is 11.3. The molecule has 0 unspecified atom stereocenters. The summed E-state index contributed by atoms with van der Waals surface area (Å²) in [7, 11) is -2.79. The van der Waals surface area contributed by atoms with Crippen LogP contribution in [-0.2, 0) is 23.1 Å². The van der Waals surface area contributed by atoms with Crippen LogP contribution in [0.25, 0.3) is 22.5 Å². The zero-order chi connectivity index (χ0) is 36.6. The van der Waals surface area contributed by atoms with Gasteiger partial charge in [-0.15, -0.1) is 5.10 Å². The highest BCUT2D eigenvalue weighted by atomic mass is 32.2. The van der Waals surface area contributed by atoms with Crippen LogP contribution in [0.15, 0.2) is 65.7 Å². The molecular formula is C27H19F13N6O2S. The number of anilines is 1. The van der Waals surface area contributed by atoms with E-state index < -0.39 is 65.3 Å². The molecule has 2 aromatic heterocycles. The molecule has 0 fully saturated rings. The summed E-state index contributed by atoms with van der Waals surface area (Å²) in [5.74, 6) is -37.4. The van der Waals surface area contributed by atoms with E-state index >= 15 is 0 Å². The fourth-order valence-electron chi connectivity index (χ4n) is 4.97. The summed E-state index contributed by atoms with van der Waals surface area (Å²) >= 11 is 0. The van der Waals surface area contributed by atoms with Gasteiger partial charge in [0.15, 0.2) is 0 Å². The normalized spacial score (nSPS) is 15.7. The van der Waals surface area contributed by atoms with Crippen LogP contribution in [0.5, 0.6) is 0 Å². The van der Waals surface area contributed by atoms with Crippen molar-refractivity contribution in [2.75, 3.05) is 11.4 Å². The lowest BCUT2D eigenvalue weighted by Crippen LogP contribution is -2.70. The van der Waals surface area contributed by atoms with Gasteiger partial charge in [-0.25, -0.2) is 8.42 Å². The van der Waals surface area contributed by atoms with Crippen molar-refractivity contribution < 1.29 is 65.5 Å². The standard InChI is InChI=1S/C27H19F13N6O2S/c1-44-21-19(17-9-5-6-10-18(17)49(44,47)48)42-46(20(21)15-7-3-2-4-8-15)14-16-13-45(43-41-16)12-11-22(28,29)23(30,31)24(32,33)25(34,35)26(36,37)27(38,39)40/h2-10,13H,11-12,14H2,1H3. The van der Waals surface area contributed by atoms with Crippen molar-refractivity contribution in [2.45, 2.75) is 60.2 Å². The summed E-state index contributed by atoms with van der Waals surface area (Å²) in [6.07, 6.45) is -9.16. The number of hydrogen-bond donors (Lipinski definition) is 0. The first kappa shape index (κ1) is 35.9. The Hall–Kier alpha value is -4.37. The van der Waals surface area contributed by atoms with E-state index in [4.69, 9.17) is 0 Å². The second-order valence-corrected chi connectivity index (χ2v) is 12.7. The Balaban J connectivity index is 1.44. The third-order valence-corrected chi connectivity index (χ3v) is 9.44. The molecule has 0 saturated carbocycles. The summed E-state index contributed by atoms with van der Waals surface area (Å²) in [5, 5.41) is 11.5. The minimum absolute atomic E-state index is 0.0663. The van der Waals surface area contributed by atoms with Gasteiger partial charge in [0.1, 0.15) is 17.1 Å². The van der Waals surface area contributed by atoms with Crippen LogP contribution in [0.2, 0.25) is 0 Å². The molecule has 4 aromatic rings. The quantitative estimate of drug-likeness (QED) is 0.162. The molecule has 266 valence electrons. The maximum atomic E-state index is 14.3. The number of nitrogens with zero attached hydrogens (tertiary/aromatic N) is 6. The van der Waals surface area contributed by atoms with Crippen LogP contribution in [0, 0.1) is 0 Å². The molecule has 0 amide bonds. The van der Waals surface area contributed by atoms with Gasteiger partial charge < -0.3 is 0 Å². The number of hydrogen-bond acceptors (Lipinski definition) is 5. The van der Waals surface area contributed by atoms with Crippen LogP contribution in [0.3, 0.4) is 0 Å². The molecule has 49 heavy (non-hydrogen) atoms. The van der Waals surface area contributed by atoms with Crippen molar-refractivity contribution in [2.24, 2.45) is 0 Å². The average Bonchev–Trinajstić information content (AvgIpc) is 3.63. The number of rotatable bonds is 10. The van der Waals surface area contributed by atoms with E-state index in [0.717, 1.165) is 10.5 Å². The van der Waals surface area contributed by atoms with Crippen LogP contribution in [0.4, 0.5) is 62.8 Å². The SMILES string of the molecule is CN1c2c(nn(Cc3cn(CCC(F)(F)C(F)(F)C(F)(F)C(F)(F)C(F)(F)C(F)(F)F)nn3)c2-c2ccccc2)-c2ccccc2S1(=O)=O. The lowest BCUT2D eigenvalue weighted by Gasteiger charge is -2.39. The molecule has 0 aliphatic carbocycles. The van der Waals surface area contributed by atoms with E-state index in [1.54, 1.807) is 36.4 Å². The Labute approximate surface area is 266 Å². The van der Waals surface area contributed by atoms with Gasteiger partial charge in [0, 0.05) is 31.1 Å². The monoisotopic (exact) mass is 738 g/mol. The van der Waals surface area contributed by atoms with Gasteiger partial charge in [0.25, 0.3) is 10.0 Å². The number of aryl methyl sites for hydroxylation is 1. The van der Waals surface area contributed by atoms with Crippen LogP contribution < -0.4 is 4.31 Å². The number of halogens is 13. The molecule has 3 heterocycles. The van der Waals surface area contributed by atoms with Gasteiger partial charge in [0.2, 0.25) is 0 Å². The molecule has 0 spiro atoms. The van der Waals surface area contributed by atoms with Crippen molar-refractivity contribution in [1.82, 2.24) is 24.8 Å². The molecular weight excluding hydrogens is 719 g/mol. The molecule has 0 saturated heterocycles. The third-order valence-electron chi connectivity index (χ3n) is 7.62. The molecule has 1 aliphatic heterocycles. The fourth-order valence-corrected chi connectivity index (χ4v) is 6.37. The predicted molar refractivity (Wildman–Crippen MR) is 143 cm³/mol. The van der Waals surface area contributed by atoms with Crippen molar-refractivity contribution in [3.05, 3.63) is 66.5 Å². The lowest BCUT2D eigenvalue weighted by atomic mass is 9.92. The predicted octanol–water partition coefficient (Wildman–Crippen LogP) is 7.12. The minimum atomic E-state index is -7.99. The van der Waals surface area contributed by atoms with Crippen molar-refractivity contribution in [3.63, 3.8) is 0 Å². The highest BCUT2D eigenvalue weighted by molar-refractivity contribution is 7.93. The molecule has 8 nitrogen and oxygen atoms in total. The minimum Gasteiger partial charge on any atom is -0.265 e. The van der Waals surface area contributed by atoms with E-state index in [1.807, 2.05) is 0 Å². The number of fused-ring (bicyclic) bond motifs is 3. The van der Waals surface area contributed by atoms with Gasteiger partial charge in [-0.1, -0.05) is 53.7 Å². The molecule has 2 aromatic carbocycles. The zero-order valence-corrected chi connectivity index (χ0v) is 25.0. The van der Waals surface area contributed by atoms with Gasteiger partial charge in [0.05, 0.1) is 23.3 Å². The van der Waals surface area contributed by atoms with Crippen molar-refractivity contribution in [3.8, 4) is 22.5 Å². The molecule has 1 aliphatic rings. The Kier molecular flexibility index (Phi) is 8.31. The number of alkyl halides is 13. The fraction of sp³-hybridized carbons (Fsp3) is 0.370. The van der Waals surface area contributed by atoms with E-state index in [1.165, 1.54) is 29.9 Å². The van der Waals surface area contributed by atoms with Gasteiger partial charge in [-0.05, 0) is 6.07 Å². The summed E-state index contributed by atoms with van der Waals surface area (Å²) in [6.45, 7) is -1.88. The number of sulfonamides is 1. The summed E-state index contributed by atoms with van der Waals surface area (Å²) < 4.78 is 204. The Morgan fingerprint density at radius 1 is 0.735 bits per heavy atom. The number of benzene rings is 2. The van der Waals surface area contributed by atoms with Crippen molar-refractivity contribution >= 4 is 15.7 Å². The maximum absolute atomic E-state index is 14.3. The topological polar surface area (TPSA) is 85.9 Å². The highest BCUT2D eigenvalue weighted by Gasteiger charge is 2.90. The largest absolute Gasteiger partial charge is 0.460 e. The first-order chi connectivity index (χ1) is 22.4. The molecule has 0 N–H and O–H groups in total. The second-order valence-electron chi connectivity index (χ2n) is 10.8. The number of aromatic nitrogens is 5. The first-order valence-electron chi connectivity index (χ1n) is 13.5. The van der Waals surface area contributed by atoms with E-state index in [2.05, 4.69) is 15.4 Å². The van der Waals surface area contributed by atoms with Gasteiger partial charge in [-0.2, -0.15) is 62.2 Å². The highest BCUT2D eigenvalue weighted by Crippen LogP contribution is 2.60. The summed E-state index contributed by atoms with van der Waals surface area (Å²) in [6, 6.07) is 14.0. The Morgan fingerprint density at radius 2 is 1.31 bits per heavy atom. The molecule has 22 heteroatoms. The molecule has 0 atom stereocenters. The summed E-state index contributed by atoms with van der Waals surface area (Å²) in [4.78, 5) is -0.0663. The van der Waals surface area contributed by atoms with Gasteiger partial charge in [-0.3, -0.25) is 13.7 Å². The third kappa shape index (κ3) is 5.37. The lowest BCUT2D eigenvalue weighted by molar-refractivity contribution is -0.440. The smallest absolute Gasteiger partial charge is 0.265 e. The molecule has 5 rings (SSSR count). The Morgan fingerprint density at radius 3 is 1.92 bits per heavy atom. The molecule has 0 bridgehead atoms. The van der Waals surface area contributed by atoms with E-state index in [9.17, 15) is 65.5 Å². The van der Waals surface area contributed by atoms with Crippen LogP contribution in [0.1, 0.15) is 12.1 Å². The maximum Gasteiger partial charge on any atom is 0.460 e. The van der Waals surface area contributed by atoms with E-state index in [-0.39, 0.29) is 33.2 Å². The van der Waals surface area contributed by atoms with Gasteiger partial charge >= 0.3 is 35.8 Å².